The molecule has 8 heteroatoms. The van der Waals surface area contributed by atoms with Crippen molar-refractivity contribution in [1.82, 2.24) is 0 Å². The number of rotatable bonds is 3. The van der Waals surface area contributed by atoms with Crippen LogP contribution in [0.5, 0.6) is 5.75 Å². The van der Waals surface area contributed by atoms with E-state index in [9.17, 15) is 13.5 Å². The number of sulfonamides is 1. The molecule has 2 rings (SSSR count). The molecular weight excluding hydrogens is 362 g/mol. The third-order valence-electron chi connectivity index (χ3n) is 2.04. The van der Waals surface area contributed by atoms with Crippen molar-refractivity contribution < 1.29 is 13.5 Å². The summed E-state index contributed by atoms with van der Waals surface area (Å²) in [4.78, 5) is 0. The van der Waals surface area contributed by atoms with Gasteiger partial charge in [0.25, 0.3) is 10.0 Å². The number of phenols is 1. The summed E-state index contributed by atoms with van der Waals surface area (Å²) in [6, 6.07) is 7.55. The van der Waals surface area contributed by atoms with E-state index >= 15 is 0 Å². The van der Waals surface area contributed by atoms with Crippen molar-refractivity contribution in [2.75, 3.05) is 4.72 Å². The summed E-state index contributed by atoms with van der Waals surface area (Å²) < 4.78 is 27.1. The van der Waals surface area contributed by atoms with Crippen LogP contribution >= 0.6 is 38.9 Å². The van der Waals surface area contributed by atoms with Gasteiger partial charge in [0.15, 0.2) is 5.75 Å². The van der Waals surface area contributed by atoms with E-state index in [-0.39, 0.29) is 20.7 Å². The van der Waals surface area contributed by atoms with E-state index in [4.69, 9.17) is 11.6 Å². The summed E-state index contributed by atoms with van der Waals surface area (Å²) in [6.45, 7) is 0. The van der Waals surface area contributed by atoms with Crippen LogP contribution in [0.15, 0.2) is 38.3 Å². The van der Waals surface area contributed by atoms with Gasteiger partial charge in [-0.3, -0.25) is 4.72 Å². The first-order chi connectivity index (χ1) is 8.40. The van der Waals surface area contributed by atoms with Gasteiger partial charge in [0.05, 0.1) is 14.5 Å². The number of phenolic OH excluding ortho intramolecular Hbond substituents is 1. The van der Waals surface area contributed by atoms with Gasteiger partial charge in [0, 0.05) is 0 Å². The molecule has 0 saturated carbocycles. The number of benzene rings is 1. The summed E-state index contributed by atoms with van der Waals surface area (Å²) in [5.74, 6) is -0.293. The van der Waals surface area contributed by atoms with Gasteiger partial charge in [-0.2, -0.15) is 0 Å². The van der Waals surface area contributed by atoms with E-state index in [0.29, 0.717) is 3.79 Å². The second-order valence-electron chi connectivity index (χ2n) is 3.30. The zero-order valence-electron chi connectivity index (χ0n) is 8.72. The molecule has 1 aromatic carbocycles. The topological polar surface area (TPSA) is 66.4 Å². The Labute approximate surface area is 121 Å². The number of para-hydroxylation sites is 1. The number of thiophene rings is 1. The molecule has 0 atom stereocenters. The standard InChI is InChI=1S/C10H7BrClNO3S2/c11-8-4-5-9(17-8)18(15,16)13-7-3-1-2-6(12)10(7)14/h1-5,13-14H. The smallest absolute Gasteiger partial charge is 0.271 e. The van der Waals surface area contributed by atoms with Crippen molar-refractivity contribution in [3.8, 4) is 5.75 Å². The van der Waals surface area contributed by atoms with Crippen LogP contribution in [0, 0.1) is 0 Å². The van der Waals surface area contributed by atoms with E-state index in [0.717, 1.165) is 11.3 Å². The van der Waals surface area contributed by atoms with Crippen LogP contribution in [0.3, 0.4) is 0 Å². The van der Waals surface area contributed by atoms with Crippen LogP contribution in [-0.4, -0.2) is 13.5 Å². The lowest BCUT2D eigenvalue weighted by Gasteiger charge is -2.08. The molecule has 0 radical (unpaired) electrons. The SMILES string of the molecule is O=S(=O)(Nc1cccc(Cl)c1O)c1ccc(Br)s1. The number of nitrogens with one attached hydrogen (secondary N) is 1. The van der Waals surface area contributed by atoms with Gasteiger partial charge in [-0.05, 0) is 40.2 Å². The van der Waals surface area contributed by atoms with Crippen molar-refractivity contribution in [2.45, 2.75) is 4.21 Å². The van der Waals surface area contributed by atoms with E-state index in [2.05, 4.69) is 20.7 Å². The monoisotopic (exact) mass is 367 g/mol. The maximum absolute atomic E-state index is 12.0. The van der Waals surface area contributed by atoms with E-state index in [1.165, 1.54) is 18.2 Å². The molecule has 1 heterocycles. The Morgan fingerprint density at radius 2 is 2.00 bits per heavy atom. The summed E-state index contributed by atoms with van der Waals surface area (Å²) in [7, 11) is -3.71. The molecule has 2 N–H and O–H groups in total. The van der Waals surface area contributed by atoms with Gasteiger partial charge < -0.3 is 5.11 Å². The second kappa shape index (κ2) is 5.08. The van der Waals surface area contributed by atoms with Crippen LogP contribution in [0.2, 0.25) is 5.02 Å². The molecule has 4 nitrogen and oxygen atoms in total. The predicted molar refractivity (Wildman–Crippen MR) is 75.9 cm³/mol. The van der Waals surface area contributed by atoms with Crippen LogP contribution in [0.4, 0.5) is 5.69 Å². The fourth-order valence-electron chi connectivity index (χ4n) is 1.23. The predicted octanol–water partition coefficient (Wildman–Crippen LogP) is 3.67. The Bertz CT molecular complexity index is 684. The molecule has 96 valence electrons. The minimum atomic E-state index is -3.71. The minimum absolute atomic E-state index is 0.0482. The first kappa shape index (κ1) is 13.7. The highest BCUT2D eigenvalue weighted by Gasteiger charge is 2.18. The summed E-state index contributed by atoms with van der Waals surface area (Å²) in [6.07, 6.45) is 0. The molecule has 0 aliphatic rings. The Morgan fingerprint density at radius 1 is 1.28 bits per heavy atom. The van der Waals surface area contributed by atoms with Crippen molar-refractivity contribution >= 4 is 54.6 Å². The zero-order chi connectivity index (χ0) is 13.3. The molecule has 0 aliphatic heterocycles. The van der Waals surface area contributed by atoms with Gasteiger partial charge in [-0.1, -0.05) is 17.7 Å². The van der Waals surface area contributed by atoms with Gasteiger partial charge in [-0.25, -0.2) is 8.42 Å². The third-order valence-corrected chi connectivity index (χ3v) is 5.83. The lowest BCUT2D eigenvalue weighted by molar-refractivity contribution is 0.478. The summed E-state index contributed by atoms with van der Waals surface area (Å²) >= 11 is 9.97. The Morgan fingerprint density at radius 3 is 2.61 bits per heavy atom. The average molecular weight is 369 g/mol. The molecule has 0 bridgehead atoms. The Hall–Kier alpha value is -0.760. The summed E-state index contributed by atoms with van der Waals surface area (Å²) in [5.41, 5.74) is 0.0482. The zero-order valence-corrected chi connectivity index (χ0v) is 12.7. The van der Waals surface area contributed by atoms with E-state index < -0.39 is 10.0 Å². The minimum Gasteiger partial charge on any atom is -0.504 e. The van der Waals surface area contributed by atoms with E-state index in [1.54, 1.807) is 12.1 Å². The molecule has 2 aromatic rings. The molecule has 0 spiro atoms. The molecular formula is C10H7BrClNO3S2. The maximum atomic E-state index is 12.0. The molecule has 0 aliphatic carbocycles. The number of hydrogen-bond donors (Lipinski definition) is 2. The quantitative estimate of drug-likeness (QED) is 0.812. The van der Waals surface area contributed by atoms with Crippen LogP contribution in [0.1, 0.15) is 0 Å². The third kappa shape index (κ3) is 2.80. The molecule has 0 unspecified atom stereocenters. The molecule has 0 saturated heterocycles. The number of anilines is 1. The van der Waals surface area contributed by atoms with Gasteiger partial charge in [0.1, 0.15) is 4.21 Å². The number of hydrogen-bond acceptors (Lipinski definition) is 4. The highest BCUT2D eigenvalue weighted by Crippen LogP contribution is 2.34. The van der Waals surface area contributed by atoms with Crippen molar-refractivity contribution in [2.24, 2.45) is 0 Å². The first-order valence-electron chi connectivity index (χ1n) is 4.66. The largest absolute Gasteiger partial charge is 0.504 e. The van der Waals surface area contributed by atoms with Crippen molar-refractivity contribution in [1.29, 1.82) is 0 Å². The fraction of sp³-hybridized carbons (Fsp3) is 0. The van der Waals surface area contributed by atoms with Crippen molar-refractivity contribution in [3.63, 3.8) is 0 Å². The van der Waals surface area contributed by atoms with Crippen LogP contribution in [0.25, 0.3) is 0 Å². The Kier molecular flexibility index (Phi) is 3.86. The normalized spacial score (nSPS) is 11.4. The molecule has 18 heavy (non-hydrogen) atoms. The second-order valence-corrected chi connectivity index (χ2v) is 8.08. The van der Waals surface area contributed by atoms with Gasteiger partial charge in [-0.15, -0.1) is 11.3 Å². The molecule has 0 amide bonds. The van der Waals surface area contributed by atoms with E-state index in [1.807, 2.05) is 0 Å². The van der Waals surface area contributed by atoms with Crippen LogP contribution < -0.4 is 4.72 Å². The maximum Gasteiger partial charge on any atom is 0.271 e. The van der Waals surface area contributed by atoms with Crippen molar-refractivity contribution in [3.05, 3.63) is 39.1 Å². The lowest BCUT2D eigenvalue weighted by atomic mass is 10.3. The molecule has 1 aromatic heterocycles. The number of halogens is 2. The fourth-order valence-corrected chi connectivity index (χ4v) is 4.49. The average Bonchev–Trinajstić information content (AvgIpc) is 2.72. The Balaban J connectivity index is 2.37. The van der Waals surface area contributed by atoms with Crippen LogP contribution in [-0.2, 0) is 10.0 Å². The lowest BCUT2D eigenvalue weighted by Crippen LogP contribution is -2.11. The highest BCUT2D eigenvalue weighted by molar-refractivity contribution is 9.11. The number of aromatic hydroxyl groups is 1. The highest BCUT2D eigenvalue weighted by atomic mass is 79.9. The summed E-state index contributed by atoms with van der Waals surface area (Å²) in [5, 5.41) is 9.73. The molecule has 0 fully saturated rings. The van der Waals surface area contributed by atoms with Gasteiger partial charge in [0.2, 0.25) is 0 Å². The van der Waals surface area contributed by atoms with Gasteiger partial charge >= 0.3 is 0 Å². The first-order valence-corrected chi connectivity index (χ1v) is 8.13.